The summed E-state index contributed by atoms with van der Waals surface area (Å²) in [5.41, 5.74) is 1.40. The Hall–Kier alpha value is -1.51. The van der Waals surface area contributed by atoms with Gasteiger partial charge in [0.2, 0.25) is 0 Å². The van der Waals surface area contributed by atoms with Crippen LogP contribution in [-0.2, 0) is 0 Å². The van der Waals surface area contributed by atoms with Gasteiger partial charge in [0.15, 0.2) is 0 Å². The average Bonchev–Trinajstić information content (AvgIpc) is 2.83. The van der Waals surface area contributed by atoms with Crippen LogP contribution in [-0.4, -0.2) is 25.2 Å². The molecule has 31 heavy (non-hydrogen) atoms. The Morgan fingerprint density at radius 1 is 0.742 bits per heavy atom. The quantitative estimate of drug-likeness (QED) is 0.502. The summed E-state index contributed by atoms with van der Waals surface area (Å²) in [5.74, 6) is 0. The van der Waals surface area contributed by atoms with E-state index in [1.807, 2.05) is 30.3 Å². The zero-order chi connectivity index (χ0) is 22.2. The van der Waals surface area contributed by atoms with E-state index in [2.05, 4.69) is 54.4 Å². The van der Waals surface area contributed by atoms with E-state index in [1.54, 1.807) is 0 Å². The lowest BCUT2D eigenvalue weighted by molar-refractivity contribution is 0.380. The van der Waals surface area contributed by atoms with Gasteiger partial charge in [0.05, 0.1) is 0 Å². The molecule has 2 aromatic carbocycles. The van der Waals surface area contributed by atoms with Crippen LogP contribution in [0.2, 0.25) is 5.02 Å². The fourth-order valence-electron chi connectivity index (χ4n) is 4.67. The Balaban J connectivity index is 0.000000181. The number of halogens is 1. The average molecular weight is 443 g/mol. The summed E-state index contributed by atoms with van der Waals surface area (Å²) in [7, 11) is 0. The maximum Gasteiger partial charge on any atom is 0.0405 e. The molecule has 2 aliphatic carbocycles. The van der Waals surface area contributed by atoms with Crippen LogP contribution in [0.25, 0.3) is 0 Å². The molecule has 0 bridgehead atoms. The minimum Gasteiger partial charge on any atom is -0.369 e. The normalized spacial score (nSPS) is 17.0. The largest absolute Gasteiger partial charge is 0.369 e. The summed E-state index contributed by atoms with van der Waals surface area (Å²) in [4.78, 5) is 2.57. The zero-order valence-electron chi connectivity index (χ0n) is 19.7. The third kappa shape index (κ3) is 10.6. The van der Waals surface area contributed by atoms with E-state index in [9.17, 15) is 0 Å². The van der Waals surface area contributed by atoms with Gasteiger partial charge in [-0.2, -0.15) is 0 Å². The Morgan fingerprint density at radius 3 is 1.71 bits per heavy atom. The van der Waals surface area contributed by atoms with Gasteiger partial charge in [-0.1, -0.05) is 93.4 Å². The Kier molecular flexibility index (Phi) is 13.4. The number of rotatable bonds is 5. The predicted molar refractivity (Wildman–Crippen MR) is 138 cm³/mol. The van der Waals surface area contributed by atoms with Gasteiger partial charge in [0, 0.05) is 29.3 Å². The highest BCUT2D eigenvalue weighted by atomic mass is 35.5. The second-order valence-electron chi connectivity index (χ2n) is 8.60. The molecular formula is C28H43ClN2. The van der Waals surface area contributed by atoms with Crippen molar-refractivity contribution in [1.82, 2.24) is 5.32 Å². The first-order chi connectivity index (χ1) is 15.2. The van der Waals surface area contributed by atoms with E-state index in [0.717, 1.165) is 30.2 Å². The molecule has 2 aliphatic rings. The number of hydrogen-bond acceptors (Lipinski definition) is 2. The molecule has 2 saturated carbocycles. The van der Waals surface area contributed by atoms with Crippen molar-refractivity contribution in [2.45, 2.75) is 90.1 Å². The van der Waals surface area contributed by atoms with Gasteiger partial charge in [-0.3, -0.25) is 0 Å². The molecule has 4 rings (SSSR count). The molecule has 0 amide bonds. The highest BCUT2D eigenvalue weighted by Crippen LogP contribution is 2.26. The molecule has 1 N–H and O–H groups in total. The van der Waals surface area contributed by atoms with E-state index in [0.29, 0.717) is 0 Å². The van der Waals surface area contributed by atoms with Gasteiger partial charge >= 0.3 is 0 Å². The van der Waals surface area contributed by atoms with Crippen LogP contribution < -0.4 is 10.2 Å². The molecule has 2 fully saturated rings. The molecular weight excluding hydrogens is 400 g/mol. The molecule has 2 nitrogen and oxygen atoms in total. The Labute approximate surface area is 196 Å². The van der Waals surface area contributed by atoms with Gasteiger partial charge in [-0.15, -0.1) is 0 Å². The number of anilines is 1. The van der Waals surface area contributed by atoms with Crippen molar-refractivity contribution in [3.8, 4) is 0 Å². The molecule has 0 heterocycles. The second-order valence-corrected chi connectivity index (χ2v) is 9.04. The van der Waals surface area contributed by atoms with Crippen LogP contribution >= 0.6 is 11.6 Å². The third-order valence-corrected chi connectivity index (χ3v) is 6.53. The van der Waals surface area contributed by atoms with E-state index >= 15 is 0 Å². The molecule has 0 aromatic heterocycles. The summed E-state index contributed by atoms with van der Waals surface area (Å²) >= 11 is 5.54. The van der Waals surface area contributed by atoms with Crippen molar-refractivity contribution < 1.29 is 0 Å². The van der Waals surface area contributed by atoms with Crippen molar-refractivity contribution in [3.63, 3.8) is 0 Å². The topological polar surface area (TPSA) is 15.3 Å². The first-order valence-corrected chi connectivity index (χ1v) is 12.9. The number of nitrogens with zero attached hydrogens (tertiary/aromatic N) is 1. The minimum absolute atomic E-state index is 0.783. The van der Waals surface area contributed by atoms with Crippen LogP contribution in [0.5, 0.6) is 0 Å². The lowest BCUT2D eigenvalue weighted by atomic mass is 9.94. The van der Waals surface area contributed by atoms with Gasteiger partial charge in [-0.25, -0.2) is 0 Å². The molecule has 3 heteroatoms. The lowest BCUT2D eigenvalue weighted by Crippen LogP contribution is -2.36. The maximum absolute atomic E-state index is 5.54. The zero-order valence-corrected chi connectivity index (χ0v) is 20.5. The summed E-state index contributed by atoms with van der Waals surface area (Å²) in [6.07, 6.45) is 14.2. The monoisotopic (exact) mass is 442 g/mol. The molecule has 172 valence electrons. The van der Waals surface area contributed by atoms with Crippen LogP contribution in [0.4, 0.5) is 5.69 Å². The Bertz CT molecular complexity index is 646. The maximum atomic E-state index is 5.54. The number of para-hydroxylation sites is 1. The van der Waals surface area contributed by atoms with Crippen molar-refractivity contribution in [2.75, 3.05) is 18.0 Å². The van der Waals surface area contributed by atoms with Gasteiger partial charge < -0.3 is 10.2 Å². The Morgan fingerprint density at radius 2 is 1.26 bits per heavy atom. The molecule has 0 unspecified atom stereocenters. The third-order valence-electron chi connectivity index (χ3n) is 6.28. The van der Waals surface area contributed by atoms with Crippen molar-refractivity contribution >= 4 is 17.3 Å². The summed E-state index contributed by atoms with van der Waals surface area (Å²) in [6, 6.07) is 21.9. The minimum atomic E-state index is 0.783. The molecule has 0 saturated heterocycles. The highest BCUT2D eigenvalue weighted by molar-refractivity contribution is 6.30. The standard InChI is InChI=1S/C14H21N.C8H17N.C6H5Cl/c1-2-15(13-9-5-3-6-10-13)14-11-7-4-8-12-14;1-2-9-8-6-4-3-5-7-8;7-6-4-2-1-3-5-6/h3,5-6,9-10,14H,2,4,7-8,11-12H2,1H3;8-9H,2-7H2,1H3;1-5H. The summed E-state index contributed by atoms with van der Waals surface area (Å²) < 4.78 is 0. The fourth-order valence-corrected chi connectivity index (χ4v) is 4.82. The van der Waals surface area contributed by atoms with E-state index in [1.165, 1.54) is 69.9 Å². The van der Waals surface area contributed by atoms with Crippen LogP contribution in [0.15, 0.2) is 60.7 Å². The smallest absolute Gasteiger partial charge is 0.0405 e. The van der Waals surface area contributed by atoms with Crippen LogP contribution in [0.3, 0.4) is 0 Å². The van der Waals surface area contributed by atoms with Crippen molar-refractivity contribution in [3.05, 3.63) is 65.7 Å². The highest BCUT2D eigenvalue weighted by Gasteiger charge is 2.19. The first kappa shape index (κ1) is 25.7. The van der Waals surface area contributed by atoms with E-state index < -0.39 is 0 Å². The number of hydrogen-bond donors (Lipinski definition) is 1. The lowest BCUT2D eigenvalue weighted by Gasteiger charge is -2.35. The molecule has 2 aromatic rings. The van der Waals surface area contributed by atoms with Gasteiger partial charge in [-0.05, 0) is 63.4 Å². The number of nitrogens with one attached hydrogen (secondary N) is 1. The van der Waals surface area contributed by atoms with Crippen LogP contribution in [0.1, 0.15) is 78.1 Å². The second kappa shape index (κ2) is 16.2. The number of benzene rings is 2. The van der Waals surface area contributed by atoms with Crippen molar-refractivity contribution in [1.29, 1.82) is 0 Å². The summed E-state index contributed by atoms with van der Waals surface area (Å²) in [6.45, 7) is 6.73. The molecule has 0 radical (unpaired) electrons. The van der Waals surface area contributed by atoms with Crippen molar-refractivity contribution in [2.24, 2.45) is 0 Å². The first-order valence-electron chi connectivity index (χ1n) is 12.5. The van der Waals surface area contributed by atoms with E-state index in [4.69, 9.17) is 11.6 Å². The van der Waals surface area contributed by atoms with E-state index in [-0.39, 0.29) is 0 Å². The van der Waals surface area contributed by atoms with Gasteiger partial charge in [0.1, 0.15) is 0 Å². The molecule has 0 atom stereocenters. The predicted octanol–water partition coefficient (Wildman–Crippen LogP) is 8.11. The summed E-state index contributed by atoms with van der Waals surface area (Å²) in [5, 5.41) is 4.28. The molecule has 0 aliphatic heterocycles. The van der Waals surface area contributed by atoms with Gasteiger partial charge in [0.25, 0.3) is 0 Å². The molecule has 0 spiro atoms. The fraction of sp³-hybridized carbons (Fsp3) is 0.571. The SMILES string of the molecule is CCN(c1ccccc1)C1CCCCC1.CCNC1CCCCC1.Clc1ccccc1. The van der Waals surface area contributed by atoms with Crippen LogP contribution in [0, 0.1) is 0 Å².